The van der Waals surface area contributed by atoms with E-state index >= 15 is 0 Å². The van der Waals surface area contributed by atoms with E-state index in [2.05, 4.69) is 36.2 Å². The zero-order valence-corrected chi connectivity index (χ0v) is 10.2. The lowest BCUT2D eigenvalue weighted by molar-refractivity contribution is 0.726. The second-order valence-electron chi connectivity index (χ2n) is 3.76. The molecular weight excluding hydrogens is 198 g/mol. The minimum atomic E-state index is 0.750. The summed E-state index contributed by atoms with van der Waals surface area (Å²) in [5.74, 6) is 0. The van der Waals surface area contributed by atoms with E-state index in [9.17, 15) is 0 Å². The van der Waals surface area contributed by atoms with Crippen molar-refractivity contribution in [3.05, 3.63) is 29.3 Å². The summed E-state index contributed by atoms with van der Waals surface area (Å²) in [6.45, 7) is 6.82. The van der Waals surface area contributed by atoms with Crippen molar-refractivity contribution in [3.63, 3.8) is 0 Å². The lowest BCUT2D eigenvalue weighted by Gasteiger charge is -2.18. The molecule has 0 aliphatic carbocycles. The van der Waals surface area contributed by atoms with Gasteiger partial charge in [0.25, 0.3) is 0 Å². The van der Waals surface area contributed by atoms with Gasteiger partial charge in [-0.05, 0) is 31.2 Å². The third-order valence-corrected chi connectivity index (χ3v) is 2.65. The molecule has 0 aromatic heterocycles. The zero-order chi connectivity index (χ0) is 12.0. The second kappa shape index (κ2) is 6.14. The highest BCUT2D eigenvalue weighted by Crippen LogP contribution is 2.20. The van der Waals surface area contributed by atoms with Crippen LogP contribution >= 0.6 is 0 Å². The van der Waals surface area contributed by atoms with Crippen molar-refractivity contribution in [3.8, 4) is 6.07 Å². The van der Waals surface area contributed by atoms with Gasteiger partial charge in [0.05, 0.1) is 11.3 Å². The molecule has 86 valence electrons. The van der Waals surface area contributed by atoms with Gasteiger partial charge in [-0.15, -0.1) is 0 Å². The van der Waals surface area contributed by atoms with Crippen molar-refractivity contribution in [2.45, 2.75) is 20.4 Å². The Kier molecular flexibility index (Phi) is 4.81. The first-order valence-electron chi connectivity index (χ1n) is 5.67. The first kappa shape index (κ1) is 12.5. The van der Waals surface area contributed by atoms with Gasteiger partial charge in [-0.3, -0.25) is 0 Å². The number of benzene rings is 1. The van der Waals surface area contributed by atoms with Gasteiger partial charge in [0.15, 0.2) is 0 Å². The van der Waals surface area contributed by atoms with Crippen molar-refractivity contribution in [1.29, 1.82) is 5.26 Å². The monoisotopic (exact) mass is 217 g/mol. The van der Waals surface area contributed by atoms with Crippen molar-refractivity contribution < 1.29 is 0 Å². The minimum Gasteiger partial charge on any atom is -0.374 e. The smallest absolute Gasteiger partial charge is 0.101 e. The molecule has 1 rings (SSSR count). The van der Waals surface area contributed by atoms with Crippen LogP contribution in [0.4, 0.5) is 5.69 Å². The standard InChI is InChI=1S/C13H19N3/c1-4-15-10-11-6-7-13(16(3)5-2)12(8-11)9-14/h6-8,15H,4-5,10H2,1-3H3. The van der Waals surface area contributed by atoms with Gasteiger partial charge in [-0.1, -0.05) is 13.0 Å². The van der Waals surface area contributed by atoms with Crippen LogP contribution < -0.4 is 10.2 Å². The van der Waals surface area contributed by atoms with Crippen molar-refractivity contribution >= 4 is 5.69 Å². The van der Waals surface area contributed by atoms with Gasteiger partial charge in [-0.2, -0.15) is 5.26 Å². The third-order valence-electron chi connectivity index (χ3n) is 2.65. The molecule has 0 radical (unpaired) electrons. The maximum atomic E-state index is 9.12. The fourth-order valence-electron chi connectivity index (χ4n) is 1.56. The Hall–Kier alpha value is -1.53. The molecule has 16 heavy (non-hydrogen) atoms. The first-order valence-corrected chi connectivity index (χ1v) is 5.67. The molecule has 3 nitrogen and oxygen atoms in total. The molecule has 0 fully saturated rings. The lowest BCUT2D eigenvalue weighted by Crippen LogP contribution is -2.17. The molecular formula is C13H19N3. The molecule has 0 spiro atoms. The first-order chi connectivity index (χ1) is 7.72. The van der Waals surface area contributed by atoms with E-state index in [0.29, 0.717) is 0 Å². The van der Waals surface area contributed by atoms with Crippen LogP contribution in [0.3, 0.4) is 0 Å². The summed E-state index contributed by atoms with van der Waals surface area (Å²) < 4.78 is 0. The SMILES string of the molecule is CCNCc1ccc(N(C)CC)c(C#N)c1. The largest absolute Gasteiger partial charge is 0.374 e. The van der Waals surface area contributed by atoms with Crippen LogP contribution in [0, 0.1) is 11.3 Å². The molecule has 0 saturated heterocycles. The van der Waals surface area contributed by atoms with Crippen molar-refractivity contribution in [1.82, 2.24) is 5.32 Å². The molecule has 0 bridgehead atoms. The van der Waals surface area contributed by atoms with Crippen molar-refractivity contribution in [2.24, 2.45) is 0 Å². The Bertz CT molecular complexity index is 379. The summed E-state index contributed by atoms with van der Waals surface area (Å²) in [5.41, 5.74) is 2.91. The van der Waals surface area contributed by atoms with Crippen LogP contribution in [0.2, 0.25) is 0 Å². The Morgan fingerprint density at radius 3 is 2.69 bits per heavy atom. The molecule has 1 aromatic rings. The average Bonchev–Trinajstić information content (AvgIpc) is 2.34. The summed E-state index contributed by atoms with van der Waals surface area (Å²) in [5, 5.41) is 12.4. The summed E-state index contributed by atoms with van der Waals surface area (Å²) in [7, 11) is 2.00. The molecule has 3 heteroatoms. The number of rotatable bonds is 5. The van der Waals surface area contributed by atoms with Crippen LogP contribution in [-0.2, 0) is 6.54 Å². The molecule has 0 saturated carbocycles. The lowest BCUT2D eigenvalue weighted by atomic mass is 10.1. The maximum absolute atomic E-state index is 9.12. The topological polar surface area (TPSA) is 39.1 Å². The zero-order valence-electron chi connectivity index (χ0n) is 10.2. The van der Waals surface area contributed by atoms with Gasteiger partial charge < -0.3 is 10.2 Å². The molecule has 0 atom stereocenters. The number of hydrogen-bond donors (Lipinski definition) is 1. The van der Waals surface area contributed by atoms with Gasteiger partial charge >= 0.3 is 0 Å². The fraction of sp³-hybridized carbons (Fsp3) is 0.462. The van der Waals surface area contributed by atoms with Crippen LogP contribution in [0.25, 0.3) is 0 Å². The molecule has 1 N–H and O–H groups in total. The molecule has 0 amide bonds. The quantitative estimate of drug-likeness (QED) is 0.821. The average molecular weight is 217 g/mol. The summed E-state index contributed by atoms with van der Waals surface area (Å²) in [6, 6.07) is 8.32. The maximum Gasteiger partial charge on any atom is 0.101 e. The Labute approximate surface area is 97.7 Å². The Morgan fingerprint density at radius 1 is 1.38 bits per heavy atom. The van der Waals surface area contributed by atoms with E-state index in [0.717, 1.165) is 36.4 Å². The highest BCUT2D eigenvalue weighted by molar-refractivity contribution is 5.60. The Morgan fingerprint density at radius 2 is 2.12 bits per heavy atom. The molecule has 1 aromatic carbocycles. The number of hydrogen-bond acceptors (Lipinski definition) is 3. The highest BCUT2D eigenvalue weighted by atomic mass is 15.1. The van der Waals surface area contributed by atoms with Crippen LogP contribution in [0.5, 0.6) is 0 Å². The predicted molar refractivity (Wildman–Crippen MR) is 67.5 cm³/mol. The van der Waals surface area contributed by atoms with Gasteiger partial charge in [0, 0.05) is 20.1 Å². The second-order valence-corrected chi connectivity index (χ2v) is 3.76. The summed E-state index contributed by atoms with van der Waals surface area (Å²) in [4.78, 5) is 2.08. The number of nitriles is 1. The molecule has 0 aliphatic heterocycles. The third kappa shape index (κ3) is 2.98. The predicted octanol–water partition coefficient (Wildman–Crippen LogP) is 2.12. The van der Waals surface area contributed by atoms with E-state index in [4.69, 9.17) is 5.26 Å². The van der Waals surface area contributed by atoms with E-state index in [-0.39, 0.29) is 0 Å². The van der Waals surface area contributed by atoms with Crippen LogP contribution in [0.1, 0.15) is 25.0 Å². The summed E-state index contributed by atoms with van der Waals surface area (Å²) in [6.07, 6.45) is 0. The fourth-order valence-corrected chi connectivity index (χ4v) is 1.56. The molecule has 0 aliphatic rings. The van der Waals surface area contributed by atoms with E-state index in [1.165, 1.54) is 0 Å². The van der Waals surface area contributed by atoms with Gasteiger partial charge in [0.1, 0.15) is 6.07 Å². The van der Waals surface area contributed by atoms with Crippen LogP contribution in [0.15, 0.2) is 18.2 Å². The van der Waals surface area contributed by atoms with Crippen LogP contribution in [-0.4, -0.2) is 20.1 Å². The van der Waals surface area contributed by atoms with E-state index in [1.807, 2.05) is 19.2 Å². The number of anilines is 1. The molecule has 0 heterocycles. The number of nitrogens with zero attached hydrogens (tertiary/aromatic N) is 2. The van der Waals surface area contributed by atoms with Gasteiger partial charge in [0.2, 0.25) is 0 Å². The van der Waals surface area contributed by atoms with E-state index in [1.54, 1.807) is 0 Å². The van der Waals surface area contributed by atoms with Gasteiger partial charge in [-0.25, -0.2) is 0 Å². The van der Waals surface area contributed by atoms with E-state index < -0.39 is 0 Å². The van der Waals surface area contributed by atoms with Crippen molar-refractivity contribution in [2.75, 3.05) is 25.0 Å². The normalized spacial score (nSPS) is 9.88. The summed E-state index contributed by atoms with van der Waals surface area (Å²) >= 11 is 0. The number of nitrogens with one attached hydrogen (secondary N) is 1. The molecule has 0 unspecified atom stereocenters. The highest BCUT2D eigenvalue weighted by Gasteiger charge is 2.06. The Balaban J connectivity index is 2.94. The minimum absolute atomic E-state index is 0.750.